The van der Waals surface area contributed by atoms with Gasteiger partial charge in [0.1, 0.15) is 12.3 Å². The molecular weight excluding hydrogens is 462 g/mol. The first-order valence-corrected chi connectivity index (χ1v) is 12.6. The number of anilines is 2. The largest absolute Gasteiger partial charge is 0.497 e. The summed E-state index contributed by atoms with van der Waals surface area (Å²) < 4.78 is 5.11. The summed E-state index contributed by atoms with van der Waals surface area (Å²) in [5.41, 5.74) is 3.98. The Labute approximate surface area is 210 Å². The lowest BCUT2D eigenvalue weighted by molar-refractivity contribution is -0.127. The first kappa shape index (κ1) is 24.9. The van der Waals surface area contributed by atoms with Crippen molar-refractivity contribution in [3.05, 3.63) is 58.5 Å². The summed E-state index contributed by atoms with van der Waals surface area (Å²) >= 11 is 0.864. The van der Waals surface area contributed by atoms with Gasteiger partial charge in [-0.1, -0.05) is 13.0 Å². The molecule has 0 spiro atoms. The number of ether oxygens (including phenoxy) is 1. The van der Waals surface area contributed by atoms with Crippen molar-refractivity contribution < 1.29 is 19.1 Å². The Morgan fingerprint density at radius 3 is 2.57 bits per heavy atom. The number of rotatable bonds is 6. The van der Waals surface area contributed by atoms with Gasteiger partial charge in [0.2, 0.25) is 5.91 Å². The van der Waals surface area contributed by atoms with Crippen molar-refractivity contribution in [2.45, 2.75) is 45.6 Å². The van der Waals surface area contributed by atoms with E-state index in [1.165, 1.54) is 11.3 Å². The number of fused-ring (bicyclic) bond motifs is 1. The standard InChI is InChI=1S/C27H31N3O4S/c1-6-30-22-12-7-18(13-21(22)17(2)15-27(30,3)4)14-23-25(32)29(26(33)35-23)16-24(31)28-19-8-10-20(34-5)11-9-19/h7-14,17H,6,15-16H2,1-5H3,(H,28,31)/b23-14-/t17-/m0/s1. The molecule has 2 heterocycles. The van der Waals surface area contributed by atoms with Gasteiger partial charge in [-0.3, -0.25) is 19.3 Å². The van der Waals surface area contributed by atoms with E-state index in [4.69, 9.17) is 4.74 Å². The number of methoxy groups -OCH3 is 1. The summed E-state index contributed by atoms with van der Waals surface area (Å²) in [5, 5.41) is 2.26. The summed E-state index contributed by atoms with van der Waals surface area (Å²) in [4.78, 5) is 41.6. The van der Waals surface area contributed by atoms with Gasteiger partial charge in [-0.15, -0.1) is 0 Å². The molecule has 1 saturated heterocycles. The molecule has 3 amide bonds. The fourth-order valence-electron chi connectivity index (χ4n) is 5.00. The van der Waals surface area contributed by atoms with Gasteiger partial charge in [-0.05, 0) is 98.5 Å². The molecule has 0 saturated carbocycles. The average molecular weight is 494 g/mol. The number of imide groups is 1. The predicted molar refractivity (Wildman–Crippen MR) is 141 cm³/mol. The second-order valence-electron chi connectivity index (χ2n) is 9.52. The molecule has 2 aliphatic heterocycles. The lowest BCUT2D eigenvalue weighted by Gasteiger charge is -2.47. The van der Waals surface area contributed by atoms with Crippen LogP contribution in [0.1, 0.15) is 51.2 Å². The van der Waals surface area contributed by atoms with Crippen molar-refractivity contribution in [3.63, 3.8) is 0 Å². The van der Waals surface area contributed by atoms with Crippen LogP contribution >= 0.6 is 11.8 Å². The number of carbonyl (C=O) groups is 3. The quantitative estimate of drug-likeness (QED) is 0.537. The molecule has 0 radical (unpaired) electrons. The third-order valence-corrected chi connectivity index (χ3v) is 7.48. The molecule has 0 aromatic heterocycles. The third kappa shape index (κ3) is 5.07. The van der Waals surface area contributed by atoms with Crippen molar-refractivity contribution in [1.29, 1.82) is 0 Å². The minimum Gasteiger partial charge on any atom is -0.497 e. The molecule has 2 aromatic carbocycles. The SMILES string of the molecule is CCN1c2ccc(/C=C3\SC(=O)N(CC(=O)Nc4ccc(OC)cc4)C3=O)cc2[C@@H](C)CC1(C)C. The van der Waals surface area contributed by atoms with Gasteiger partial charge in [0.05, 0.1) is 12.0 Å². The van der Waals surface area contributed by atoms with E-state index < -0.39 is 17.1 Å². The van der Waals surface area contributed by atoms with E-state index in [9.17, 15) is 14.4 Å². The number of carbonyl (C=O) groups excluding carboxylic acids is 3. The smallest absolute Gasteiger partial charge is 0.294 e. The molecular formula is C27H31N3O4S. The molecule has 1 fully saturated rings. The molecule has 1 atom stereocenters. The van der Waals surface area contributed by atoms with Crippen LogP contribution < -0.4 is 15.0 Å². The molecule has 0 aliphatic carbocycles. The Balaban J connectivity index is 1.49. The van der Waals surface area contributed by atoms with Crippen molar-refractivity contribution in [1.82, 2.24) is 4.90 Å². The number of benzene rings is 2. The Bertz CT molecular complexity index is 1190. The summed E-state index contributed by atoms with van der Waals surface area (Å²) in [7, 11) is 1.56. The van der Waals surface area contributed by atoms with Crippen LogP contribution in [-0.2, 0) is 9.59 Å². The highest BCUT2D eigenvalue weighted by atomic mass is 32.2. The number of thioether (sulfide) groups is 1. The van der Waals surface area contributed by atoms with E-state index in [-0.39, 0.29) is 12.1 Å². The minimum atomic E-state index is -0.452. The van der Waals surface area contributed by atoms with E-state index in [1.807, 2.05) is 6.07 Å². The molecule has 0 unspecified atom stereocenters. The first-order valence-electron chi connectivity index (χ1n) is 11.7. The molecule has 4 rings (SSSR count). The maximum atomic E-state index is 12.9. The van der Waals surface area contributed by atoms with Crippen molar-refractivity contribution in [2.75, 3.05) is 30.4 Å². The Hall–Kier alpha value is -3.26. The van der Waals surface area contributed by atoms with E-state index in [0.717, 1.165) is 35.2 Å². The minimum absolute atomic E-state index is 0.0811. The molecule has 184 valence electrons. The third-order valence-electron chi connectivity index (χ3n) is 6.57. The van der Waals surface area contributed by atoms with E-state index in [2.05, 4.69) is 50.0 Å². The van der Waals surface area contributed by atoms with Gasteiger partial charge < -0.3 is 15.0 Å². The van der Waals surface area contributed by atoms with Crippen LogP contribution in [0.3, 0.4) is 0 Å². The van der Waals surface area contributed by atoms with E-state index in [0.29, 0.717) is 22.3 Å². The van der Waals surface area contributed by atoms with Crippen molar-refractivity contribution in [2.24, 2.45) is 0 Å². The topological polar surface area (TPSA) is 79.0 Å². The monoisotopic (exact) mass is 493 g/mol. The Kier molecular flexibility index (Phi) is 6.94. The van der Waals surface area contributed by atoms with E-state index >= 15 is 0 Å². The first-order chi connectivity index (χ1) is 16.6. The molecule has 0 bridgehead atoms. The highest BCUT2D eigenvalue weighted by Crippen LogP contribution is 2.44. The average Bonchev–Trinajstić information content (AvgIpc) is 3.07. The van der Waals surface area contributed by atoms with Crippen LogP contribution in [0, 0.1) is 0 Å². The number of hydrogen-bond acceptors (Lipinski definition) is 6. The second kappa shape index (κ2) is 9.77. The Morgan fingerprint density at radius 2 is 1.91 bits per heavy atom. The predicted octanol–water partition coefficient (Wildman–Crippen LogP) is 5.48. The van der Waals surface area contributed by atoms with Crippen molar-refractivity contribution >= 4 is 46.3 Å². The van der Waals surface area contributed by atoms with Crippen LogP contribution in [0.4, 0.5) is 16.2 Å². The number of nitrogens with zero attached hydrogens (tertiary/aromatic N) is 2. The molecule has 2 aliphatic rings. The maximum absolute atomic E-state index is 12.9. The summed E-state index contributed by atoms with van der Waals surface area (Å²) in [6.07, 6.45) is 2.78. The zero-order valence-corrected chi connectivity index (χ0v) is 21.6. The van der Waals surface area contributed by atoms with Crippen LogP contribution in [0.25, 0.3) is 6.08 Å². The molecule has 1 N–H and O–H groups in total. The van der Waals surface area contributed by atoms with Crippen LogP contribution in [-0.4, -0.2) is 47.7 Å². The Morgan fingerprint density at radius 1 is 1.20 bits per heavy atom. The van der Waals surface area contributed by atoms with Gasteiger partial charge >= 0.3 is 0 Å². The second-order valence-corrected chi connectivity index (χ2v) is 10.5. The van der Waals surface area contributed by atoms with Crippen molar-refractivity contribution in [3.8, 4) is 5.75 Å². The molecule has 8 heteroatoms. The van der Waals surface area contributed by atoms with Crippen LogP contribution in [0.5, 0.6) is 5.75 Å². The summed E-state index contributed by atoms with van der Waals surface area (Å²) in [5.74, 6) is 0.158. The number of nitrogens with one attached hydrogen (secondary N) is 1. The zero-order valence-electron chi connectivity index (χ0n) is 20.8. The highest BCUT2D eigenvalue weighted by Gasteiger charge is 2.37. The number of amides is 3. The lowest BCUT2D eigenvalue weighted by Crippen LogP contribution is -2.48. The summed E-state index contributed by atoms with van der Waals surface area (Å²) in [6, 6.07) is 13.0. The molecule has 35 heavy (non-hydrogen) atoms. The zero-order chi connectivity index (χ0) is 25.3. The van der Waals surface area contributed by atoms with Gasteiger partial charge in [-0.25, -0.2) is 0 Å². The fourth-order valence-corrected chi connectivity index (χ4v) is 5.84. The highest BCUT2D eigenvalue weighted by molar-refractivity contribution is 8.18. The normalized spacial score (nSPS) is 20.3. The van der Waals surface area contributed by atoms with Crippen LogP contribution in [0.2, 0.25) is 0 Å². The van der Waals surface area contributed by atoms with Gasteiger partial charge in [-0.2, -0.15) is 0 Å². The molecule has 7 nitrogen and oxygen atoms in total. The molecule has 2 aromatic rings. The summed E-state index contributed by atoms with van der Waals surface area (Å²) in [6.45, 7) is 9.51. The lowest BCUT2D eigenvalue weighted by atomic mass is 9.79. The van der Waals surface area contributed by atoms with E-state index in [1.54, 1.807) is 37.5 Å². The van der Waals surface area contributed by atoms with Gasteiger partial charge in [0.25, 0.3) is 11.1 Å². The maximum Gasteiger partial charge on any atom is 0.294 e. The van der Waals surface area contributed by atoms with Gasteiger partial charge in [0, 0.05) is 23.5 Å². The van der Waals surface area contributed by atoms with Crippen LogP contribution in [0.15, 0.2) is 47.4 Å². The fraction of sp³-hybridized carbons (Fsp3) is 0.370. The number of hydrogen-bond donors (Lipinski definition) is 1. The van der Waals surface area contributed by atoms with Gasteiger partial charge in [0.15, 0.2) is 0 Å².